The molecular formula is C10H11NS2. The lowest BCUT2D eigenvalue weighted by atomic mass is 10.0. The van der Waals surface area contributed by atoms with E-state index in [1.165, 1.54) is 11.3 Å². The molecule has 1 heterocycles. The Morgan fingerprint density at radius 3 is 3.08 bits per heavy atom. The smallest absolute Gasteiger partial charge is 0.0528 e. The fourth-order valence-corrected chi connectivity index (χ4v) is 1.78. The Balaban J connectivity index is 2.42. The summed E-state index contributed by atoms with van der Waals surface area (Å²) in [6, 6.07) is 2.15. The summed E-state index contributed by atoms with van der Waals surface area (Å²) < 4.78 is 0. The van der Waals surface area contributed by atoms with E-state index < -0.39 is 0 Å². The largest absolute Gasteiger partial charge is 0.354 e. The molecule has 0 aromatic carbocycles. The number of fused-ring (bicyclic) bond motifs is 1. The molecule has 0 saturated carbocycles. The van der Waals surface area contributed by atoms with Crippen LogP contribution in [0.2, 0.25) is 0 Å². The van der Waals surface area contributed by atoms with Crippen LogP contribution in [0.3, 0.4) is 0 Å². The predicted molar refractivity (Wildman–Crippen MR) is 64.1 cm³/mol. The van der Waals surface area contributed by atoms with Gasteiger partial charge in [-0.2, -0.15) is 12.6 Å². The zero-order chi connectivity index (χ0) is 9.26. The van der Waals surface area contributed by atoms with Gasteiger partial charge in [0.1, 0.15) is 0 Å². The van der Waals surface area contributed by atoms with Gasteiger partial charge in [-0.15, -0.1) is 12.6 Å². The van der Waals surface area contributed by atoms with Gasteiger partial charge in [-0.3, -0.25) is 0 Å². The Morgan fingerprint density at radius 2 is 2.38 bits per heavy atom. The first-order valence-electron chi connectivity index (χ1n) is 4.23. The van der Waals surface area contributed by atoms with Crippen molar-refractivity contribution in [3.63, 3.8) is 0 Å². The third-order valence-electron chi connectivity index (χ3n) is 2.20. The summed E-state index contributed by atoms with van der Waals surface area (Å²) in [7, 11) is 0. The molecule has 0 radical (unpaired) electrons. The molecule has 68 valence electrons. The van der Waals surface area contributed by atoms with E-state index in [2.05, 4.69) is 48.5 Å². The van der Waals surface area contributed by atoms with Gasteiger partial charge in [0, 0.05) is 10.6 Å². The van der Waals surface area contributed by atoms with Crippen molar-refractivity contribution < 1.29 is 0 Å². The standard InChI is InChI=1S/C10H11NS2/c12-6-10(13)9-5-7-3-1-2-4-8(7)11-9/h2,4-6,11-13H,1,3H2/b10-6-. The van der Waals surface area contributed by atoms with E-state index in [-0.39, 0.29) is 0 Å². The highest BCUT2D eigenvalue weighted by molar-refractivity contribution is 7.92. The lowest BCUT2D eigenvalue weighted by Gasteiger charge is -2.01. The summed E-state index contributed by atoms with van der Waals surface area (Å²) >= 11 is 8.38. The Kier molecular flexibility index (Phi) is 2.56. The van der Waals surface area contributed by atoms with E-state index in [0.29, 0.717) is 0 Å². The summed E-state index contributed by atoms with van der Waals surface area (Å²) in [4.78, 5) is 4.18. The molecule has 3 heteroatoms. The van der Waals surface area contributed by atoms with Crippen LogP contribution in [0, 0.1) is 0 Å². The van der Waals surface area contributed by atoms with E-state index in [1.807, 2.05) is 0 Å². The van der Waals surface area contributed by atoms with Crippen LogP contribution in [0.15, 0.2) is 17.6 Å². The molecule has 1 aromatic rings. The van der Waals surface area contributed by atoms with Crippen LogP contribution >= 0.6 is 25.3 Å². The average molecular weight is 209 g/mol. The van der Waals surface area contributed by atoms with Crippen molar-refractivity contribution in [1.29, 1.82) is 0 Å². The quantitative estimate of drug-likeness (QED) is 0.589. The van der Waals surface area contributed by atoms with Gasteiger partial charge in [0.15, 0.2) is 0 Å². The number of allylic oxidation sites excluding steroid dienone is 1. The topological polar surface area (TPSA) is 15.8 Å². The lowest BCUT2D eigenvalue weighted by molar-refractivity contribution is 0.985. The number of H-pyrrole nitrogens is 1. The van der Waals surface area contributed by atoms with Crippen LogP contribution in [-0.2, 0) is 6.42 Å². The molecule has 13 heavy (non-hydrogen) atoms. The number of nitrogens with one attached hydrogen (secondary N) is 1. The van der Waals surface area contributed by atoms with Crippen molar-refractivity contribution >= 4 is 36.2 Å². The molecule has 0 amide bonds. The van der Waals surface area contributed by atoms with Gasteiger partial charge in [-0.25, -0.2) is 0 Å². The summed E-state index contributed by atoms with van der Waals surface area (Å²) in [5, 5.41) is 1.70. The monoisotopic (exact) mass is 209 g/mol. The van der Waals surface area contributed by atoms with Crippen LogP contribution < -0.4 is 0 Å². The fourth-order valence-electron chi connectivity index (χ4n) is 1.52. The number of hydrogen-bond donors (Lipinski definition) is 3. The van der Waals surface area contributed by atoms with Gasteiger partial charge in [0.05, 0.1) is 5.69 Å². The van der Waals surface area contributed by atoms with Gasteiger partial charge in [-0.1, -0.05) is 6.08 Å². The molecule has 1 N–H and O–H groups in total. The number of aromatic amines is 1. The van der Waals surface area contributed by atoms with Gasteiger partial charge in [0.25, 0.3) is 0 Å². The van der Waals surface area contributed by atoms with E-state index in [4.69, 9.17) is 0 Å². The third-order valence-corrected chi connectivity index (χ3v) is 3.03. The van der Waals surface area contributed by atoms with Crippen molar-refractivity contribution in [2.24, 2.45) is 0 Å². The van der Waals surface area contributed by atoms with Crippen LogP contribution in [-0.4, -0.2) is 4.98 Å². The van der Waals surface area contributed by atoms with Crippen LogP contribution in [0.5, 0.6) is 0 Å². The first-order valence-corrected chi connectivity index (χ1v) is 5.20. The number of thiol groups is 2. The van der Waals surface area contributed by atoms with E-state index in [9.17, 15) is 0 Å². The maximum Gasteiger partial charge on any atom is 0.0528 e. The summed E-state index contributed by atoms with van der Waals surface area (Å²) in [5.74, 6) is 0. The molecule has 1 aromatic heterocycles. The number of hydrogen-bond acceptors (Lipinski definition) is 2. The van der Waals surface area contributed by atoms with E-state index in [0.717, 1.165) is 23.4 Å². The molecule has 2 rings (SSSR count). The van der Waals surface area contributed by atoms with Gasteiger partial charge in [-0.05, 0) is 36.0 Å². The molecule has 0 atom stereocenters. The van der Waals surface area contributed by atoms with Crippen molar-refractivity contribution in [3.8, 4) is 0 Å². The molecule has 1 aliphatic rings. The lowest BCUT2D eigenvalue weighted by Crippen LogP contribution is -1.88. The Labute approximate surface area is 88.8 Å². The molecule has 1 nitrogen and oxygen atoms in total. The Morgan fingerprint density at radius 1 is 1.54 bits per heavy atom. The second kappa shape index (κ2) is 3.68. The maximum absolute atomic E-state index is 4.31. The highest BCUT2D eigenvalue weighted by atomic mass is 32.1. The van der Waals surface area contributed by atoms with Crippen LogP contribution in [0.1, 0.15) is 23.4 Å². The van der Waals surface area contributed by atoms with Crippen LogP contribution in [0.4, 0.5) is 0 Å². The molecule has 0 spiro atoms. The van der Waals surface area contributed by atoms with Crippen LogP contribution in [0.25, 0.3) is 11.0 Å². The molecule has 0 bridgehead atoms. The van der Waals surface area contributed by atoms with E-state index >= 15 is 0 Å². The first kappa shape index (κ1) is 9.03. The molecule has 0 fully saturated rings. The molecule has 0 saturated heterocycles. The summed E-state index contributed by atoms with van der Waals surface area (Å²) in [6.07, 6.45) is 6.57. The summed E-state index contributed by atoms with van der Waals surface area (Å²) in [5.41, 5.74) is 3.64. The zero-order valence-corrected chi connectivity index (χ0v) is 8.91. The zero-order valence-electron chi connectivity index (χ0n) is 7.12. The minimum Gasteiger partial charge on any atom is -0.354 e. The molecule has 0 aliphatic heterocycles. The highest BCUT2D eigenvalue weighted by Crippen LogP contribution is 2.25. The summed E-state index contributed by atoms with van der Waals surface area (Å²) in [6.45, 7) is 0. The van der Waals surface area contributed by atoms with Crippen molar-refractivity contribution in [2.75, 3.05) is 0 Å². The van der Waals surface area contributed by atoms with Crippen molar-refractivity contribution in [2.45, 2.75) is 12.8 Å². The minimum atomic E-state index is 0.881. The average Bonchev–Trinajstić information content (AvgIpc) is 2.59. The Bertz CT molecular complexity index is 374. The SMILES string of the molecule is S/C=C(\S)c1cc2c([nH]1)C=CCC2. The Hall–Kier alpha value is -0.540. The molecule has 1 aliphatic carbocycles. The fraction of sp³-hybridized carbons (Fsp3) is 0.200. The third kappa shape index (κ3) is 1.71. The second-order valence-electron chi connectivity index (χ2n) is 3.08. The number of rotatable bonds is 1. The highest BCUT2D eigenvalue weighted by Gasteiger charge is 2.09. The predicted octanol–water partition coefficient (Wildman–Crippen LogP) is 3.13. The normalized spacial score (nSPS) is 16.0. The minimum absolute atomic E-state index is 0.881. The second-order valence-corrected chi connectivity index (χ2v) is 3.82. The van der Waals surface area contributed by atoms with E-state index in [1.54, 1.807) is 5.41 Å². The van der Waals surface area contributed by atoms with Gasteiger partial charge >= 0.3 is 0 Å². The van der Waals surface area contributed by atoms with Crippen molar-refractivity contribution in [1.82, 2.24) is 4.98 Å². The van der Waals surface area contributed by atoms with Gasteiger partial charge < -0.3 is 4.98 Å². The number of aryl methyl sites for hydroxylation is 1. The number of aromatic nitrogens is 1. The maximum atomic E-state index is 4.31. The molecular weight excluding hydrogens is 198 g/mol. The van der Waals surface area contributed by atoms with Crippen molar-refractivity contribution in [3.05, 3.63) is 34.5 Å². The first-order chi connectivity index (χ1) is 6.31. The molecule has 0 unspecified atom stereocenters. The van der Waals surface area contributed by atoms with Gasteiger partial charge in [0.2, 0.25) is 0 Å².